The van der Waals surface area contributed by atoms with Gasteiger partial charge in [-0.15, -0.1) is 11.3 Å². The van der Waals surface area contributed by atoms with Gasteiger partial charge in [-0.3, -0.25) is 4.79 Å². The van der Waals surface area contributed by atoms with E-state index in [1.54, 1.807) is 11.3 Å². The van der Waals surface area contributed by atoms with E-state index in [4.69, 9.17) is 0 Å². The molecule has 1 aromatic carbocycles. The maximum atomic E-state index is 11.3. The summed E-state index contributed by atoms with van der Waals surface area (Å²) in [6.45, 7) is 3.90. The molecule has 0 amide bonds. The van der Waals surface area contributed by atoms with Crippen LogP contribution in [-0.4, -0.2) is 11.1 Å². The molecule has 0 aliphatic rings. The van der Waals surface area contributed by atoms with Crippen LogP contribution in [0.25, 0.3) is 10.8 Å². The average molecular weight is 234 g/mol. The number of carboxylic acid groups (broad SMARTS) is 1. The Kier molecular flexibility index (Phi) is 2.97. The van der Waals surface area contributed by atoms with Gasteiger partial charge in [0.25, 0.3) is 0 Å². The van der Waals surface area contributed by atoms with E-state index < -0.39 is 11.9 Å². The number of hydrogen-bond acceptors (Lipinski definition) is 2. The largest absolute Gasteiger partial charge is 0.481 e. The van der Waals surface area contributed by atoms with Gasteiger partial charge in [0, 0.05) is 4.88 Å². The molecular weight excluding hydrogens is 220 g/mol. The first-order valence-electron chi connectivity index (χ1n) is 5.30. The fourth-order valence-corrected chi connectivity index (χ4v) is 3.25. The Hall–Kier alpha value is -1.35. The lowest BCUT2D eigenvalue weighted by atomic mass is 9.92. The molecule has 2 aromatic rings. The predicted molar refractivity (Wildman–Crippen MR) is 67.0 cm³/mol. The first-order chi connectivity index (χ1) is 7.61. The van der Waals surface area contributed by atoms with E-state index in [0.29, 0.717) is 0 Å². The van der Waals surface area contributed by atoms with Gasteiger partial charge in [0.15, 0.2) is 0 Å². The van der Waals surface area contributed by atoms with E-state index in [2.05, 4.69) is 0 Å². The van der Waals surface area contributed by atoms with Crippen molar-refractivity contribution >= 4 is 28.1 Å². The molecule has 1 atom stereocenters. The molecule has 84 valence electrons. The molecular formula is C13H14O2S. The zero-order valence-corrected chi connectivity index (χ0v) is 10.1. The number of benzene rings is 1. The Morgan fingerprint density at radius 3 is 2.62 bits per heavy atom. The van der Waals surface area contributed by atoms with Crippen LogP contribution in [0.1, 0.15) is 24.6 Å². The molecule has 2 rings (SSSR count). The maximum absolute atomic E-state index is 11.3. The number of hydrogen-bond donors (Lipinski definition) is 1. The second-order valence-corrected chi connectivity index (χ2v) is 5.16. The van der Waals surface area contributed by atoms with E-state index in [1.807, 2.05) is 43.5 Å². The summed E-state index contributed by atoms with van der Waals surface area (Å²) in [7, 11) is 0. The van der Waals surface area contributed by atoms with Crippen LogP contribution in [0.5, 0.6) is 0 Å². The second kappa shape index (κ2) is 4.26. The molecule has 0 fully saturated rings. The summed E-state index contributed by atoms with van der Waals surface area (Å²) in [6.07, 6.45) is 0. The van der Waals surface area contributed by atoms with Gasteiger partial charge < -0.3 is 5.11 Å². The van der Waals surface area contributed by atoms with Crippen LogP contribution in [0.15, 0.2) is 29.6 Å². The van der Waals surface area contributed by atoms with Crippen LogP contribution in [0.4, 0.5) is 0 Å². The summed E-state index contributed by atoms with van der Waals surface area (Å²) in [6, 6.07) is 7.95. The topological polar surface area (TPSA) is 37.3 Å². The standard InChI is InChI=1S/C13H14O2S/c1-8(2)11(13(14)15)12-10-6-4-3-5-9(10)7-16-12/h3-8,11H,1-2H3,(H,14,15). The van der Waals surface area contributed by atoms with Gasteiger partial charge in [-0.25, -0.2) is 0 Å². The highest BCUT2D eigenvalue weighted by Crippen LogP contribution is 2.35. The molecule has 16 heavy (non-hydrogen) atoms. The van der Waals surface area contributed by atoms with Crippen LogP contribution in [-0.2, 0) is 4.79 Å². The number of carbonyl (C=O) groups is 1. The Bertz CT molecular complexity index is 513. The van der Waals surface area contributed by atoms with E-state index >= 15 is 0 Å². The minimum atomic E-state index is -0.734. The first-order valence-corrected chi connectivity index (χ1v) is 6.18. The molecule has 1 unspecified atom stereocenters. The summed E-state index contributed by atoms with van der Waals surface area (Å²) >= 11 is 1.55. The molecule has 3 heteroatoms. The Morgan fingerprint density at radius 1 is 1.31 bits per heavy atom. The number of rotatable bonds is 3. The molecule has 0 spiro atoms. The van der Waals surface area contributed by atoms with Crippen molar-refractivity contribution in [1.29, 1.82) is 0 Å². The third-order valence-corrected chi connectivity index (χ3v) is 3.85. The summed E-state index contributed by atoms with van der Waals surface area (Å²) in [5, 5.41) is 13.5. The van der Waals surface area contributed by atoms with Gasteiger partial charge in [-0.1, -0.05) is 38.1 Å². The first kappa shape index (κ1) is 11.1. The summed E-state index contributed by atoms with van der Waals surface area (Å²) < 4.78 is 0. The van der Waals surface area contributed by atoms with E-state index in [9.17, 15) is 9.90 Å². The van der Waals surface area contributed by atoms with E-state index in [-0.39, 0.29) is 5.92 Å². The van der Waals surface area contributed by atoms with Crippen molar-refractivity contribution in [3.8, 4) is 0 Å². The Morgan fingerprint density at radius 2 is 2.00 bits per heavy atom. The lowest BCUT2D eigenvalue weighted by molar-refractivity contribution is -0.139. The van der Waals surface area contributed by atoms with E-state index in [0.717, 1.165) is 15.6 Å². The van der Waals surface area contributed by atoms with Gasteiger partial charge in [-0.2, -0.15) is 0 Å². The van der Waals surface area contributed by atoms with Crippen molar-refractivity contribution in [2.75, 3.05) is 0 Å². The van der Waals surface area contributed by atoms with Crippen molar-refractivity contribution in [2.24, 2.45) is 5.92 Å². The fourth-order valence-electron chi connectivity index (χ4n) is 1.96. The minimum absolute atomic E-state index is 0.111. The Balaban J connectivity index is 2.57. The highest BCUT2D eigenvalue weighted by atomic mass is 32.1. The molecule has 1 N–H and O–H groups in total. The number of carboxylic acids is 1. The molecule has 2 nitrogen and oxygen atoms in total. The highest BCUT2D eigenvalue weighted by molar-refractivity contribution is 7.11. The second-order valence-electron chi connectivity index (χ2n) is 4.25. The maximum Gasteiger partial charge on any atom is 0.312 e. The SMILES string of the molecule is CC(C)C(C(=O)O)c1scc2ccccc12. The molecule has 0 bridgehead atoms. The summed E-state index contributed by atoms with van der Waals surface area (Å²) in [4.78, 5) is 12.3. The molecule has 0 saturated carbocycles. The zero-order valence-electron chi connectivity index (χ0n) is 9.31. The van der Waals surface area contributed by atoms with E-state index in [1.165, 1.54) is 0 Å². The Labute approximate surface area is 98.5 Å². The van der Waals surface area contributed by atoms with Crippen LogP contribution < -0.4 is 0 Å². The molecule has 1 heterocycles. The van der Waals surface area contributed by atoms with Gasteiger partial charge >= 0.3 is 5.97 Å². The number of thiophene rings is 1. The van der Waals surface area contributed by atoms with Crippen LogP contribution in [0.3, 0.4) is 0 Å². The van der Waals surface area contributed by atoms with Gasteiger partial charge in [0.05, 0.1) is 5.92 Å². The lowest BCUT2D eigenvalue weighted by Crippen LogP contribution is -2.16. The normalized spacial score (nSPS) is 13.2. The van der Waals surface area contributed by atoms with Gasteiger partial charge in [0.2, 0.25) is 0 Å². The number of aliphatic carboxylic acids is 1. The lowest BCUT2D eigenvalue weighted by Gasteiger charge is -2.14. The van der Waals surface area contributed by atoms with Crippen LogP contribution in [0.2, 0.25) is 0 Å². The third kappa shape index (κ3) is 1.83. The zero-order chi connectivity index (χ0) is 11.7. The monoisotopic (exact) mass is 234 g/mol. The molecule has 0 saturated heterocycles. The van der Waals surface area contributed by atoms with Crippen molar-refractivity contribution in [3.63, 3.8) is 0 Å². The molecule has 0 aliphatic carbocycles. The third-order valence-electron chi connectivity index (χ3n) is 2.75. The number of fused-ring (bicyclic) bond motifs is 1. The van der Waals surface area contributed by atoms with Crippen molar-refractivity contribution < 1.29 is 9.90 Å². The van der Waals surface area contributed by atoms with Crippen molar-refractivity contribution in [2.45, 2.75) is 19.8 Å². The average Bonchev–Trinajstić information content (AvgIpc) is 2.61. The van der Waals surface area contributed by atoms with Crippen LogP contribution >= 0.6 is 11.3 Å². The van der Waals surface area contributed by atoms with Crippen molar-refractivity contribution in [1.82, 2.24) is 0 Å². The highest BCUT2D eigenvalue weighted by Gasteiger charge is 2.26. The van der Waals surface area contributed by atoms with Gasteiger partial charge in [-0.05, 0) is 22.1 Å². The fraction of sp³-hybridized carbons (Fsp3) is 0.308. The smallest absolute Gasteiger partial charge is 0.312 e. The summed E-state index contributed by atoms with van der Waals surface area (Å²) in [5.41, 5.74) is 0. The van der Waals surface area contributed by atoms with Crippen molar-refractivity contribution in [3.05, 3.63) is 34.5 Å². The predicted octanol–water partition coefficient (Wildman–Crippen LogP) is 3.73. The van der Waals surface area contributed by atoms with Crippen LogP contribution in [0, 0.1) is 5.92 Å². The quantitative estimate of drug-likeness (QED) is 0.878. The molecule has 1 aromatic heterocycles. The summed E-state index contributed by atoms with van der Waals surface area (Å²) in [5.74, 6) is -1.02. The minimum Gasteiger partial charge on any atom is -0.481 e. The van der Waals surface area contributed by atoms with Gasteiger partial charge in [0.1, 0.15) is 0 Å². The molecule has 0 radical (unpaired) electrons. The molecule has 0 aliphatic heterocycles.